The molecule has 0 saturated heterocycles. The van der Waals surface area contributed by atoms with E-state index in [1.807, 2.05) is 0 Å². The number of aryl methyl sites for hydroxylation is 1. The highest BCUT2D eigenvalue weighted by Gasteiger charge is 2.27. The topological polar surface area (TPSA) is 104 Å². The van der Waals surface area contributed by atoms with Crippen LogP contribution < -0.4 is 10.6 Å². The average molecular weight is 473 g/mol. The maximum absolute atomic E-state index is 14.6. The number of nitrogens with one attached hydrogen (secondary N) is 2. The average Bonchev–Trinajstić information content (AvgIpc) is 3.61. The van der Waals surface area contributed by atoms with Gasteiger partial charge in [0.2, 0.25) is 0 Å². The summed E-state index contributed by atoms with van der Waals surface area (Å²) in [5, 5.41) is 15.6. The minimum atomic E-state index is -0.714. The molecule has 0 unspecified atom stereocenters. The van der Waals surface area contributed by atoms with E-state index in [4.69, 9.17) is 4.74 Å². The number of hydrogen-bond acceptors (Lipinski definition) is 6. The quantitative estimate of drug-likeness (QED) is 0.491. The Hall–Kier alpha value is -3.04. The van der Waals surface area contributed by atoms with E-state index in [9.17, 15) is 19.1 Å². The van der Waals surface area contributed by atoms with Gasteiger partial charge in [-0.2, -0.15) is 0 Å². The number of aliphatic hydroxyl groups excluding tert-OH is 1. The van der Waals surface area contributed by atoms with E-state index in [1.54, 1.807) is 47.2 Å². The first-order chi connectivity index (χ1) is 16.1. The Morgan fingerprint density at radius 2 is 1.97 bits per heavy atom. The molecule has 1 heterocycles. The lowest BCUT2D eigenvalue weighted by molar-refractivity contribution is 0.0744. The number of carbonyl (C=O) groups excluding carboxylic acids is 2. The zero-order valence-corrected chi connectivity index (χ0v) is 20.4. The van der Waals surface area contributed by atoms with Crippen molar-refractivity contribution in [1.29, 1.82) is 0 Å². The number of halogens is 1. The molecule has 9 heteroatoms. The second-order valence-electron chi connectivity index (χ2n) is 9.40. The van der Waals surface area contributed by atoms with E-state index < -0.39 is 17.3 Å². The summed E-state index contributed by atoms with van der Waals surface area (Å²) in [5.74, 6) is -1.00. The van der Waals surface area contributed by atoms with Gasteiger partial charge in [-0.15, -0.1) is 0 Å². The van der Waals surface area contributed by atoms with Crippen LogP contribution in [0.4, 0.5) is 10.2 Å². The Balaban J connectivity index is 2.04. The van der Waals surface area contributed by atoms with Crippen LogP contribution in [0.2, 0.25) is 0 Å². The van der Waals surface area contributed by atoms with Crippen molar-refractivity contribution in [2.75, 3.05) is 39.2 Å². The third kappa shape index (κ3) is 6.09. The van der Waals surface area contributed by atoms with Crippen LogP contribution >= 0.6 is 0 Å². The number of likely N-dealkylation sites (N-methyl/N-ethyl adjacent to an activating group) is 1. The first kappa shape index (κ1) is 25.6. The summed E-state index contributed by atoms with van der Waals surface area (Å²) in [7, 11) is 3.23. The summed E-state index contributed by atoms with van der Waals surface area (Å²) < 4.78 is 19.7. The molecule has 1 fully saturated rings. The zero-order valence-electron chi connectivity index (χ0n) is 20.4. The van der Waals surface area contributed by atoms with Gasteiger partial charge in [0.15, 0.2) is 0 Å². The van der Waals surface area contributed by atoms with Crippen molar-refractivity contribution in [3.63, 3.8) is 0 Å². The molecule has 0 aliphatic heterocycles. The number of ether oxygens (including phenoxy) is 1. The molecule has 3 N–H and O–H groups in total. The number of benzene rings is 1. The molecule has 0 radical (unpaired) electrons. The second-order valence-corrected chi connectivity index (χ2v) is 9.40. The lowest BCUT2D eigenvalue weighted by Crippen LogP contribution is -2.37. The molecule has 3 rings (SSSR count). The molecule has 8 nitrogen and oxygen atoms in total. The van der Waals surface area contributed by atoms with Gasteiger partial charge in [-0.25, -0.2) is 9.37 Å². The maximum atomic E-state index is 14.6. The monoisotopic (exact) mass is 472 g/mol. The Morgan fingerprint density at radius 3 is 2.59 bits per heavy atom. The summed E-state index contributed by atoms with van der Waals surface area (Å²) in [6.07, 6.45) is 3.37. The van der Waals surface area contributed by atoms with E-state index in [0.29, 0.717) is 41.2 Å². The van der Waals surface area contributed by atoms with Gasteiger partial charge in [0, 0.05) is 38.5 Å². The predicted molar refractivity (Wildman–Crippen MR) is 128 cm³/mol. The number of amides is 2. The number of methoxy groups -OCH3 is 1. The first-order valence-electron chi connectivity index (χ1n) is 11.3. The number of aliphatic hydroxyl groups is 1. The van der Waals surface area contributed by atoms with Gasteiger partial charge in [0.25, 0.3) is 11.8 Å². The van der Waals surface area contributed by atoms with Gasteiger partial charge in [-0.3, -0.25) is 9.59 Å². The van der Waals surface area contributed by atoms with Gasteiger partial charge in [0.05, 0.1) is 29.9 Å². The van der Waals surface area contributed by atoms with Crippen LogP contribution in [0.25, 0.3) is 11.1 Å². The minimum Gasteiger partial charge on any atom is -0.394 e. The largest absolute Gasteiger partial charge is 0.394 e. The van der Waals surface area contributed by atoms with E-state index >= 15 is 0 Å². The fraction of sp³-hybridized carbons (Fsp3) is 0.480. The fourth-order valence-electron chi connectivity index (χ4n) is 3.42. The van der Waals surface area contributed by atoms with Crippen molar-refractivity contribution < 1.29 is 23.8 Å². The van der Waals surface area contributed by atoms with Crippen molar-refractivity contribution >= 4 is 17.6 Å². The normalized spacial score (nSPS) is 13.5. The minimum absolute atomic E-state index is 0.0406. The standard InChI is InChI=1S/C25H33FN4O4/c1-15-10-21(26)19(23(32)28-17-6-7-17)12-18(15)16-11-20(24(33)30(4)8-9-34-5)22(27-13-16)29-25(2,3)14-31/h10-13,17,31H,6-9,14H2,1-5H3,(H,27,29)(H,28,32). The van der Waals surface area contributed by atoms with E-state index in [1.165, 1.54) is 17.0 Å². The van der Waals surface area contributed by atoms with Crippen LogP contribution in [-0.4, -0.2) is 72.3 Å². The number of pyridine rings is 1. The van der Waals surface area contributed by atoms with E-state index in [-0.39, 0.29) is 24.1 Å². The van der Waals surface area contributed by atoms with Gasteiger partial charge in [0.1, 0.15) is 11.6 Å². The van der Waals surface area contributed by atoms with Gasteiger partial charge in [-0.05, 0) is 62.9 Å². The molecule has 1 aliphatic carbocycles. The zero-order chi connectivity index (χ0) is 25.0. The second kappa shape index (κ2) is 10.5. The van der Waals surface area contributed by atoms with Gasteiger partial charge in [-0.1, -0.05) is 0 Å². The van der Waals surface area contributed by atoms with Crippen LogP contribution in [-0.2, 0) is 4.74 Å². The van der Waals surface area contributed by atoms with Crippen LogP contribution in [0.15, 0.2) is 24.4 Å². The highest BCUT2D eigenvalue weighted by Crippen LogP contribution is 2.30. The molecule has 1 aromatic heterocycles. The molecule has 0 spiro atoms. The van der Waals surface area contributed by atoms with Crippen molar-refractivity contribution in [2.24, 2.45) is 0 Å². The number of aromatic nitrogens is 1. The summed E-state index contributed by atoms with van der Waals surface area (Å²) in [6.45, 7) is 5.91. The molecule has 1 aromatic carbocycles. The molecule has 2 aromatic rings. The molecular formula is C25H33FN4O4. The van der Waals surface area contributed by atoms with Crippen molar-refractivity contribution in [1.82, 2.24) is 15.2 Å². The third-order valence-corrected chi connectivity index (χ3v) is 5.73. The maximum Gasteiger partial charge on any atom is 0.257 e. The summed E-state index contributed by atoms with van der Waals surface area (Å²) in [5.41, 5.74) is 1.34. The van der Waals surface area contributed by atoms with Crippen LogP contribution in [0.5, 0.6) is 0 Å². The SMILES string of the molecule is COCCN(C)C(=O)c1cc(-c2cc(C(=O)NC3CC3)c(F)cc2C)cnc1NC(C)(C)CO. The van der Waals surface area contributed by atoms with Crippen LogP contribution in [0.3, 0.4) is 0 Å². The molecule has 1 aliphatic rings. The smallest absolute Gasteiger partial charge is 0.257 e. The molecule has 1 saturated carbocycles. The molecule has 2 amide bonds. The summed E-state index contributed by atoms with van der Waals surface area (Å²) in [4.78, 5) is 31.8. The van der Waals surface area contributed by atoms with E-state index in [2.05, 4.69) is 15.6 Å². The number of carbonyl (C=O) groups is 2. The molecular weight excluding hydrogens is 439 g/mol. The van der Waals surface area contributed by atoms with Crippen LogP contribution in [0.1, 0.15) is 53.0 Å². The first-order valence-corrected chi connectivity index (χ1v) is 11.3. The van der Waals surface area contributed by atoms with Crippen molar-refractivity contribution in [3.05, 3.63) is 46.9 Å². The van der Waals surface area contributed by atoms with Crippen LogP contribution in [0, 0.1) is 12.7 Å². The fourth-order valence-corrected chi connectivity index (χ4v) is 3.42. The molecule has 0 bridgehead atoms. The summed E-state index contributed by atoms with van der Waals surface area (Å²) in [6, 6.07) is 4.61. The number of anilines is 1. The Kier molecular flexibility index (Phi) is 7.89. The van der Waals surface area contributed by atoms with Gasteiger partial charge < -0.3 is 25.4 Å². The predicted octanol–water partition coefficient (Wildman–Crippen LogP) is 2.99. The molecule has 34 heavy (non-hydrogen) atoms. The number of rotatable bonds is 10. The number of hydrogen-bond donors (Lipinski definition) is 3. The molecule has 184 valence electrons. The highest BCUT2D eigenvalue weighted by molar-refractivity contribution is 6.00. The third-order valence-electron chi connectivity index (χ3n) is 5.73. The summed E-state index contributed by atoms with van der Waals surface area (Å²) >= 11 is 0. The molecule has 0 atom stereocenters. The van der Waals surface area contributed by atoms with Gasteiger partial charge >= 0.3 is 0 Å². The van der Waals surface area contributed by atoms with Crippen molar-refractivity contribution in [2.45, 2.75) is 45.2 Å². The Morgan fingerprint density at radius 1 is 1.26 bits per heavy atom. The highest BCUT2D eigenvalue weighted by atomic mass is 19.1. The number of nitrogens with zero attached hydrogens (tertiary/aromatic N) is 2. The van der Waals surface area contributed by atoms with Crippen molar-refractivity contribution in [3.8, 4) is 11.1 Å². The lowest BCUT2D eigenvalue weighted by Gasteiger charge is -2.27. The lowest BCUT2D eigenvalue weighted by atomic mass is 9.96. The Bertz CT molecular complexity index is 1070. The Labute approximate surface area is 199 Å². The van der Waals surface area contributed by atoms with E-state index in [0.717, 1.165) is 12.8 Å².